The Labute approximate surface area is 150 Å². The molecule has 136 valence electrons. The van der Waals surface area contributed by atoms with E-state index in [1.54, 1.807) is 16.8 Å². The molecule has 2 aliphatic rings. The van der Waals surface area contributed by atoms with Crippen molar-refractivity contribution in [3.8, 4) is 5.69 Å². The van der Waals surface area contributed by atoms with Gasteiger partial charge < -0.3 is 10.4 Å². The molecule has 7 heteroatoms. The Morgan fingerprint density at radius 1 is 1.23 bits per heavy atom. The number of carbonyl (C=O) groups excluding carboxylic acids is 1. The molecule has 0 bridgehead atoms. The van der Waals surface area contributed by atoms with E-state index >= 15 is 0 Å². The lowest BCUT2D eigenvalue weighted by atomic mass is 10.0. The van der Waals surface area contributed by atoms with Gasteiger partial charge in [0.25, 0.3) is 5.91 Å². The molecule has 1 aromatic carbocycles. The summed E-state index contributed by atoms with van der Waals surface area (Å²) in [6, 6.07) is 5.77. The van der Waals surface area contributed by atoms with Gasteiger partial charge in [0.15, 0.2) is 5.69 Å². The number of carbonyl (C=O) groups is 2. The second-order valence-corrected chi connectivity index (χ2v) is 6.97. The first-order valence-electron chi connectivity index (χ1n) is 8.95. The lowest BCUT2D eigenvalue weighted by molar-refractivity contribution is -0.142. The average molecular weight is 357 g/mol. The smallest absolute Gasteiger partial charge is 0.308 e. The molecule has 2 atom stereocenters. The molecule has 1 aromatic heterocycles. The Hall–Kier alpha value is -2.70. The van der Waals surface area contributed by atoms with Gasteiger partial charge in [-0.15, -0.1) is 0 Å². The van der Waals surface area contributed by atoms with Gasteiger partial charge >= 0.3 is 5.97 Å². The third kappa shape index (κ3) is 2.87. The second-order valence-electron chi connectivity index (χ2n) is 6.97. The number of benzene rings is 1. The van der Waals surface area contributed by atoms with Crippen LogP contribution in [0.2, 0.25) is 0 Å². The zero-order valence-electron chi connectivity index (χ0n) is 14.2. The topological polar surface area (TPSA) is 84.2 Å². The number of carboxylic acids is 1. The van der Waals surface area contributed by atoms with Crippen LogP contribution in [0.25, 0.3) is 5.69 Å². The number of nitrogens with zero attached hydrogens (tertiary/aromatic N) is 2. The molecule has 0 unspecified atom stereocenters. The van der Waals surface area contributed by atoms with E-state index in [4.69, 9.17) is 0 Å². The lowest BCUT2D eigenvalue weighted by Crippen LogP contribution is -2.40. The highest BCUT2D eigenvalue weighted by Crippen LogP contribution is 2.30. The predicted octanol–water partition coefficient (Wildman–Crippen LogP) is 2.48. The summed E-state index contributed by atoms with van der Waals surface area (Å²) in [6.07, 6.45) is 4.49. The summed E-state index contributed by atoms with van der Waals surface area (Å²) in [5.41, 5.74) is 2.74. The molecule has 0 spiro atoms. The van der Waals surface area contributed by atoms with Crippen LogP contribution >= 0.6 is 0 Å². The largest absolute Gasteiger partial charge is 0.481 e. The Morgan fingerprint density at radius 2 is 2.08 bits per heavy atom. The van der Waals surface area contributed by atoms with Crippen LogP contribution in [0.1, 0.15) is 47.4 Å². The molecule has 0 aliphatic heterocycles. The SMILES string of the molecule is O=C(N[C@H]1CCC[C@H]1C(=O)O)c1nn(-c2cccc(F)c2)c2c1CCC2. The molecule has 1 heterocycles. The van der Waals surface area contributed by atoms with E-state index in [1.165, 1.54) is 12.1 Å². The van der Waals surface area contributed by atoms with Gasteiger partial charge in [0.05, 0.1) is 11.6 Å². The molecule has 26 heavy (non-hydrogen) atoms. The van der Waals surface area contributed by atoms with Gasteiger partial charge in [0, 0.05) is 17.3 Å². The van der Waals surface area contributed by atoms with E-state index < -0.39 is 11.9 Å². The third-order valence-electron chi connectivity index (χ3n) is 5.35. The third-order valence-corrected chi connectivity index (χ3v) is 5.35. The Kier molecular flexibility index (Phi) is 4.22. The van der Waals surface area contributed by atoms with Gasteiger partial charge in [0.2, 0.25) is 0 Å². The van der Waals surface area contributed by atoms with Gasteiger partial charge in [-0.3, -0.25) is 9.59 Å². The minimum Gasteiger partial charge on any atom is -0.481 e. The summed E-state index contributed by atoms with van der Waals surface area (Å²) >= 11 is 0. The summed E-state index contributed by atoms with van der Waals surface area (Å²) in [4.78, 5) is 24.1. The fourth-order valence-corrected chi connectivity index (χ4v) is 4.11. The van der Waals surface area contributed by atoms with Gasteiger partial charge in [-0.05, 0) is 50.3 Å². The van der Waals surface area contributed by atoms with Crippen LogP contribution in [0.3, 0.4) is 0 Å². The highest BCUT2D eigenvalue weighted by molar-refractivity contribution is 5.95. The van der Waals surface area contributed by atoms with Gasteiger partial charge in [-0.2, -0.15) is 5.10 Å². The molecule has 1 saturated carbocycles. The van der Waals surface area contributed by atoms with E-state index in [0.717, 1.165) is 36.9 Å². The summed E-state index contributed by atoms with van der Waals surface area (Å²) < 4.78 is 15.2. The molecule has 2 N–H and O–H groups in total. The summed E-state index contributed by atoms with van der Waals surface area (Å²) in [5, 5.41) is 16.6. The van der Waals surface area contributed by atoms with Gasteiger partial charge in [-0.1, -0.05) is 12.5 Å². The number of halogens is 1. The van der Waals surface area contributed by atoms with Crippen LogP contribution in [0, 0.1) is 11.7 Å². The number of fused-ring (bicyclic) bond motifs is 1. The number of hydrogen-bond acceptors (Lipinski definition) is 3. The van der Waals surface area contributed by atoms with E-state index in [1.807, 2.05) is 0 Å². The van der Waals surface area contributed by atoms with Gasteiger partial charge in [0.1, 0.15) is 5.82 Å². The van der Waals surface area contributed by atoms with Crippen LogP contribution < -0.4 is 5.32 Å². The molecule has 2 aromatic rings. The standard InChI is InChI=1S/C19H20FN3O3/c20-11-4-1-5-12(10-11)23-16-9-3-7-14(16)17(22-23)18(24)21-15-8-2-6-13(15)19(25)26/h1,4-5,10,13,15H,2-3,6-9H2,(H,21,24)(H,25,26)/t13-,15+/m1/s1. The maximum atomic E-state index is 13.6. The van der Waals surface area contributed by atoms with Crippen molar-refractivity contribution < 1.29 is 19.1 Å². The zero-order valence-corrected chi connectivity index (χ0v) is 14.2. The van der Waals surface area contributed by atoms with Crippen molar-refractivity contribution in [2.75, 3.05) is 0 Å². The monoisotopic (exact) mass is 357 g/mol. The number of aromatic nitrogens is 2. The Bertz CT molecular complexity index is 877. The number of amides is 1. The molecule has 4 rings (SSSR count). The average Bonchev–Trinajstić information content (AvgIpc) is 3.30. The maximum Gasteiger partial charge on any atom is 0.308 e. The van der Waals surface area contributed by atoms with Crippen LogP contribution in [0.4, 0.5) is 4.39 Å². The fourth-order valence-electron chi connectivity index (χ4n) is 4.11. The summed E-state index contributed by atoms with van der Waals surface area (Å²) in [6.45, 7) is 0. The maximum absolute atomic E-state index is 13.6. The number of carboxylic acid groups (broad SMARTS) is 1. The van der Waals surface area contributed by atoms with Crippen molar-refractivity contribution in [1.29, 1.82) is 0 Å². The van der Waals surface area contributed by atoms with E-state index in [-0.39, 0.29) is 17.8 Å². The highest BCUT2D eigenvalue weighted by atomic mass is 19.1. The van der Waals surface area contributed by atoms with E-state index in [9.17, 15) is 19.1 Å². The van der Waals surface area contributed by atoms with Crippen LogP contribution in [0.5, 0.6) is 0 Å². The zero-order chi connectivity index (χ0) is 18.3. The molecule has 6 nitrogen and oxygen atoms in total. The molecule has 2 aliphatic carbocycles. The van der Waals surface area contributed by atoms with Crippen molar-refractivity contribution in [2.24, 2.45) is 5.92 Å². The normalized spacial score (nSPS) is 21.6. The Balaban J connectivity index is 1.64. The number of aliphatic carboxylic acids is 1. The molecule has 1 amide bonds. The van der Waals surface area contributed by atoms with Crippen LogP contribution in [-0.4, -0.2) is 32.8 Å². The van der Waals surface area contributed by atoms with Crippen molar-refractivity contribution in [3.05, 3.63) is 47.0 Å². The molecule has 0 saturated heterocycles. The first-order valence-corrected chi connectivity index (χ1v) is 8.95. The van der Waals surface area contributed by atoms with Gasteiger partial charge in [-0.25, -0.2) is 9.07 Å². The lowest BCUT2D eigenvalue weighted by Gasteiger charge is -2.17. The summed E-state index contributed by atoms with van der Waals surface area (Å²) in [5.74, 6) is -2.11. The molecular weight excluding hydrogens is 337 g/mol. The van der Waals surface area contributed by atoms with E-state index in [0.29, 0.717) is 24.2 Å². The van der Waals surface area contributed by atoms with E-state index in [2.05, 4.69) is 10.4 Å². The quantitative estimate of drug-likeness (QED) is 0.880. The van der Waals surface area contributed by atoms with Crippen molar-refractivity contribution in [3.63, 3.8) is 0 Å². The first-order chi connectivity index (χ1) is 12.5. The van der Waals surface area contributed by atoms with Crippen molar-refractivity contribution in [1.82, 2.24) is 15.1 Å². The number of hydrogen-bond donors (Lipinski definition) is 2. The number of rotatable bonds is 4. The Morgan fingerprint density at radius 3 is 2.85 bits per heavy atom. The minimum atomic E-state index is -0.872. The fraction of sp³-hybridized carbons (Fsp3) is 0.421. The second kappa shape index (κ2) is 6.55. The summed E-state index contributed by atoms with van der Waals surface area (Å²) in [7, 11) is 0. The molecule has 0 radical (unpaired) electrons. The molecular formula is C19H20FN3O3. The first kappa shape index (κ1) is 16.8. The predicted molar refractivity (Wildman–Crippen MR) is 91.8 cm³/mol. The number of nitrogens with one attached hydrogen (secondary N) is 1. The van der Waals surface area contributed by atoms with Crippen molar-refractivity contribution in [2.45, 2.75) is 44.6 Å². The minimum absolute atomic E-state index is 0.331. The van der Waals surface area contributed by atoms with Crippen LogP contribution in [0.15, 0.2) is 24.3 Å². The highest BCUT2D eigenvalue weighted by Gasteiger charge is 2.35. The molecule has 1 fully saturated rings. The van der Waals surface area contributed by atoms with Crippen LogP contribution in [-0.2, 0) is 17.6 Å². The van der Waals surface area contributed by atoms with Crippen molar-refractivity contribution >= 4 is 11.9 Å².